The van der Waals surface area contributed by atoms with Crippen molar-refractivity contribution in [3.05, 3.63) is 48.0 Å². The van der Waals surface area contributed by atoms with Crippen molar-refractivity contribution in [3.63, 3.8) is 0 Å². The van der Waals surface area contributed by atoms with Crippen LogP contribution in [-0.2, 0) is 14.3 Å². The summed E-state index contributed by atoms with van der Waals surface area (Å²) in [5.41, 5.74) is 1.58. The molecule has 3 rings (SSSR count). The Morgan fingerprint density at radius 2 is 1.72 bits per heavy atom. The fourth-order valence-electron chi connectivity index (χ4n) is 2.91. The van der Waals surface area contributed by atoms with E-state index in [4.69, 9.17) is 9.47 Å². The van der Waals surface area contributed by atoms with E-state index in [1.54, 1.807) is 42.5 Å². The Morgan fingerprint density at radius 1 is 1.03 bits per heavy atom. The van der Waals surface area contributed by atoms with Crippen LogP contribution in [0.3, 0.4) is 0 Å². The first-order chi connectivity index (χ1) is 14.0. The zero-order valence-electron chi connectivity index (χ0n) is 16.3. The van der Waals surface area contributed by atoms with E-state index in [-0.39, 0.29) is 24.8 Å². The van der Waals surface area contributed by atoms with Crippen LogP contribution in [0.2, 0.25) is 0 Å². The van der Waals surface area contributed by atoms with Gasteiger partial charge in [-0.15, -0.1) is 0 Å². The number of anilines is 2. The lowest BCUT2D eigenvalue weighted by atomic mass is 10.2. The molecule has 0 radical (unpaired) electrons. The molecule has 0 atom stereocenters. The van der Waals surface area contributed by atoms with Crippen molar-refractivity contribution in [1.29, 1.82) is 0 Å². The van der Waals surface area contributed by atoms with Gasteiger partial charge in [-0.2, -0.15) is 0 Å². The normalized spacial score (nSPS) is 12.1. The molecule has 0 fully saturated rings. The van der Waals surface area contributed by atoms with E-state index in [0.29, 0.717) is 41.7 Å². The average Bonchev–Trinajstić information content (AvgIpc) is 2.73. The highest BCUT2D eigenvalue weighted by molar-refractivity contribution is 5.95. The number of carbonyl (C=O) groups is 3. The summed E-state index contributed by atoms with van der Waals surface area (Å²) < 4.78 is 15.7. The van der Waals surface area contributed by atoms with Crippen LogP contribution in [0, 0.1) is 0 Å². The second-order valence-corrected chi connectivity index (χ2v) is 6.37. The zero-order valence-corrected chi connectivity index (χ0v) is 16.3. The average molecular weight is 398 g/mol. The number of hydrogen-bond acceptors (Lipinski definition) is 6. The van der Waals surface area contributed by atoms with Crippen LogP contribution in [0.4, 0.5) is 11.4 Å². The van der Waals surface area contributed by atoms with Crippen molar-refractivity contribution in [3.8, 4) is 11.5 Å². The summed E-state index contributed by atoms with van der Waals surface area (Å²) >= 11 is 0. The van der Waals surface area contributed by atoms with Gasteiger partial charge in [0.25, 0.3) is 0 Å². The van der Waals surface area contributed by atoms with E-state index in [2.05, 4.69) is 10.1 Å². The molecule has 0 aliphatic carbocycles. The summed E-state index contributed by atoms with van der Waals surface area (Å²) in [6, 6.07) is 11.6. The van der Waals surface area contributed by atoms with E-state index in [9.17, 15) is 14.4 Å². The number of methoxy groups -OCH3 is 1. The summed E-state index contributed by atoms with van der Waals surface area (Å²) in [5.74, 6) is 0.336. The maximum Gasteiger partial charge on any atom is 0.337 e. The van der Waals surface area contributed by atoms with Gasteiger partial charge in [-0.3, -0.25) is 9.59 Å². The molecule has 0 saturated carbocycles. The van der Waals surface area contributed by atoms with Gasteiger partial charge in [0.05, 0.1) is 12.7 Å². The van der Waals surface area contributed by atoms with Crippen LogP contribution >= 0.6 is 0 Å². The molecule has 8 nitrogen and oxygen atoms in total. The third-order valence-electron chi connectivity index (χ3n) is 4.37. The van der Waals surface area contributed by atoms with Crippen molar-refractivity contribution in [2.75, 3.05) is 37.1 Å². The Labute approximate surface area is 168 Å². The number of nitrogens with one attached hydrogen (secondary N) is 1. The van der Waals surface area contributed by atoms with Crippen molar-refractivity contribution in [2.45, 2.75) is 13.3 Å². The van der Waals surface area contributed by atoms with Gasteiger partial charge in [0, 0.05) is 37.3 Å². The lowest BCUT2D eigenvalue weighted by Crippen LogP contribution is -2.32. The lowest BCUT2D eigenvalue weighted by Gasteiger charge is -2.24. The van der Waals surface area contributed by atoms with Gasteiger partial charge in [0.1, 0.15) is 13.2 Å². The Morgan fingerprint density at radius 3 is 2.38 bits per heavy atom. The third-order valence-corrected chi connectivity index (χ3v) is 4.37. The summed E-state index contributed by atoms with van der Waals surface area (Å²) in [6.45, 7) is 2.60. The Kier molecular flexibility index (Phi) is 6.33. The molecule has 2 aromatic rings. The van der Waals surface area contributed by atoms with E-state index in [1.807, 2.05) is 0 Å². The summed E-state index contributed by atoms with van der Waals surface area (Å²) in [5, 5.41) is 2.75. The van der Waals surface area contributed by atoms with E-state index in [0.717, 1.165) is 0 Å². The largest absolute Gasteiger partial charge is 0.486 e. The molecular formula is C21H22N2O6. The molecule has 2 aromatic carbocycles. The fourth-order valence-corrected chi connectivity index (χ4v) is 2.91. The van der Waals surface area contributed by atoms with Gasteiger partial charge >= 0.3 is 5.97 Å². The molecule has 8 heteroatoms. The summed E-state index contributed by atoms with van der Waals surface area (Å²) in [7, 11) is 1.31. The minimum atomic E-state index is -0.445. The number of nitrogens with zero attached hydrogens (tertiary/aromatic N) is 1. The molecule has 0 unspecified atom stereocenters. The van der Waals surface area contributed by atoms with Crippen LogP contribution in [0.5, 0.6) is 11.5 Å². The number of benzene rings is 2. The molecule has 152 valence electrons. The highest BCUT2D eigenvalue weighted by Crippen LogP contribution is 2.34. The maximum absolute atomic E-state index is 12.3. The molecule has 0 bridgehead atoms. The van der Waals surface area contributed by atoms with Gasteiger partial charge in [-0.25, -0.2) is 4.79 Å². The molecule has 1 aliphatic heterocycles. The van der Waals surface area contributed by atoms with Crippen LogP contribution < -0.4 is 19.7 Å². The van der Waals surface area contributed by atoms with Crippen LogP contribution in [0.15, 0.2) is 42.5 Å². The standard InChI is InChI=1S/C21H22N2O6/c1-14(24)23(17-7-8-18-19(13-17)29-12-11-28-18)10-9-20(25)22-16-5-3-15(4-6-16)21(26)27-2/h3-8,13H,9-12H2,1-2H3,(H,22,25). The molecule has 1 aliphatic rings. The number of rotatable bonds is 6. The fraction of sp³-hybridized carbons (Fsp3) is 0.286. The van der Waals surface area contributed by atoms with E-state index < -0.39 is 5.97 Å². The number of carbonyl (C=O) groups excluding carboxylic acids is 3. The lowest BCUT2D eigenvalue weighted by molar-refractivity contribution is -0.117. The van der Waals surface area contributed by atoms with Crippen LogP contribution in [0.25, 0.3) is 0 Å². The van der Waals surface area contributed by atoms with Gasteiger partial charge < -0.3 is 24.4 Å². The Bertz CT molecular complexity index is 910. The topological polar surface area (TPSA) is 94.2 Å². The van der Waals surface area contributed by atoms with Crippen LogP contribution in [0.1, 0.15) is 23.7 Å². The molecule has 0 saturated heterocycles. The quantitative estimate of drug-likeness (QED) is 0.752. The second-order valence-electron chi connectivity index (χ2n) is 6.37. The number of amides is 2. The Hall–Kier alpha value is -3.55. The van der Waals surface area contributed by atoms with Crippen molar-refractivity contribution < 1.29 is 28.6 Å². The van der Waals surface area contributed by atoms with Gasteiger partial charge in [-0.05, 0) is 36.4 Å². The smallest absolute Gasteiger partial charge is 0.337 e. The van der Waals surface area contributed by atoms with Crippen LogP contribution in [-0.4, -0.2) is 44.7 Å². The SMILES string of the molecule is COC(=O)c1ccc(NC(=O)CCN(C(C)=O)c2ccc3c(c2)OCCO3)cc1. The summed E-state index contributed by atoms with van der Waals surface area (Å²) in [6.07, 6.45) is 0.104. The predicted octanol–water partition coefficient (Wildman–Crippen LogP) is 2.63. The van der Waals surface area contributed by atoms with E-state index in [1.165, 1.54) is 18.9 Å². The van der Waals surface area contributed by atoms with Crippen molar-refractivity contribution in [2.24, 2.45) is 0 Å². The first-order valence-electron chi connectivity index (χ1n) is 9.14. The molecule has 29 heavy (non-hydrogen) atoms. The first kappa shape index (κ1) is 20.2. The highest BCUT2D eigenvalue weighted by atomic mass is 16.6. The number of ether oxygens (including phenoxy) is 3. The molecule has 2 amide bonds. The molecule has 1 N–H and O–H groups in total. The van der Waals surface area contributed by atoms with Crippen molar-refractivity contribution in [1.82, 2.24) is 0 Å². The Balaban J connectivity index is 1.61. The van der Waals surface area contributed by atoms with Gasteiger partial charge in [0.15, 0.2) is 11.5 Å². The van der Waals surface area contributed by atoms with Crippen molar-refractivity contribution >= 4 is 29.2 Å². The maximum atomic E-state index is 12.3. The summed E-state index contributed by atoms with van der Waals surface area (Å²) in [4.78, 5) is 37.3. The minimum absolute atomic E-state index is 0.104. The number of esters is 1. The van der Waals surface area contributed by atoms with E-state index >= 15 is 0 Å². The van der Waals surface area contributed by atoms with Gasteiger partial charge in [0.2, 0.25) is 11.8 Å². The number of hydrogen-bond donors (Lipinski definition) is 1. The third kappa shape index (κ3) is 5.04. The monoisotopic (exact) mass is 398 g/mol. The molecule has 0 aromatic heterocycles. The molecule has 0 spiro atoms. The second kappa shape index (κ2) is 9.09. The molecular weight excluding hydrogens is 376 g/mol. The number of fused-ring (bicyclic) bond motifs is 1. The first-order valence-corrected chi connectivity index (χ1v) is 9.14. The highest BCUT2D eigenvalue weighted by Gasteiger charge is 2.18. The predicted molar refractivity (Wildman–Crippen MR) is 106 cm³/mol. The molecule has 1 heterocycles. The van der Waals surface area contributed by atoms with Gasteiger partial charge in [-0.1, -0.05) is 0 Å². The minimum Gasteiger partial charge on any atom is -0.486 e. The zero-order chi connectivity index (χ0) is 20.8.